The van der Waals surface area contributed by atoms with Gasteiger partial charge in [0.05, 0.1) is 22.3 Å². The molecule has 0 aliphatic heterocycles. The molecule has 0 amide bonds. The Hall–Kier alpha value is -6.26. The average molecular weight is 861 g/mol. The predicted molar refractivity (Wildman–Crippen MR) is 277 cm³/mol. The Morgan fingerprint density at radius 3 is 1.77 bits per heavy atom. The second-order valence-electron chi connectivity index (χ2n) is 20.1. The van der Waals surface area contributed by atoms with Crippen LogP contribution < -0.4 is 0 Å². The Morgan fingerprint density at radius 1 is 0.538 bits per heavy atom. The molecule has 1 N–H and O–H groups in total. The van der Waals surface area contributed by atoms with Gasteiger partial charge in [0.2, 0.25) is 0 Å². The summed E-state index contributed by atoms with van der Waals surface area (Å²) >= 11 is 0. The summed E-state index contributed by atoms with van der Waals surface area (Å²) in [7, 11) is 0. The van der Waals surface area contributed by atoms with E-state index in [0.29, 0.717) is 11.4 Å². The summed E-state index contributed by atoms with van der Waals surface area (Å²) in [5.74, 6) is -1.28. The largest absolute Gasteiger partial charge is 0.507 e. The maximum absolute atomic E-state index is 12.2. The van der Waals surface area contributed by atoms with E-state index in [1.54, 1.807) is 0 Å². The van der Waals surface area contributed by atoms with E-state index in [2.05, 4.69) is 144 Å². The summed E-state index contributed by atoms with van der Waals surface area (Å²) in [5.41, 5.74) is 16.8. The van der Waals surface area contributed by atoms with Crippen molar-refractivity contribution in [2.45, 2.75) is 125 Å². The number of para-hydroxylation sites is 1. The van der Waals surface area contributed by atoms with Gasteiger partial charge in [-0.1, -0.05) is 169 Å². The zero-order valence-electron chi connectivity index (χ0n) is 43.6. The van der Waals surface area contributed by atoms with Crippen LogP contribution in [0.5, 0.6) is 5.75 Å². The number of imidazole rings is 1. The molecule has 2 heterocycles. The van der Waals surface area contributed by atoms with Gasteiger partial charge in [0.15, 0.2) is 0 Å². The molecule has 4 nitrogen and oxygen atoms in total. The van der Waals surface area contributed by atoms with E-state index in [4.69, 9.17) is 14.1 Å². The molecule has 4 heteroatoms. The molecule has 0 unspecified atom stereocenters. The number of aromatic nitrogens is 3. The predicted octanol–water partition coefficient (Wildman–Crippen LogP) is 17.4. The maximum Gasteiger partial charge on any atom is 0.149 e. The molecule has 0 saturated heterocycles. The van der Waals surface area contributed by atoms with Crippen molar-refractivity contribution in [3.05, 3.63) is 167 Å². The molecule has 0 bridgehead atoms. The van der Waals surface area contributed by atoms with Gasteiger partial charge >= 0.3 is 0 Å². The van der Waals surface area contributed by atoms with Crippen molar-refractivity contribution in [3.63, 3.8) is 0 Å². The van der Waals surface area contributed by atoms with Crippen LogP contribution in [0.1, 0.15) is 157 Å². The molecule has 0 aliphatic rings. The van der Waals surface area contributed by atoms with Crippen LogP contribution in [0.2, 0.25) is 0 Å². The molecule has 332 valence electrons. The second-order valence-corrected chi connectivity index (χ2v) is 20.1. The Morgan fingerprint density at radius 2 is 1.17 bits per heavy atom. The standard InChI is InChI=1S/C61H67N3O/c1-36(2)41-20-22-42(23-21-41)44-28-29-62-55(35-44)47-30-46(31-48(32-47)61(11,12)13)52-18-15-19-56-58(52)63-60(54-34-45(37(3)4)33-53(40(9)10)59(54)65)64(56)49-26-24-43(25-27-49)57-50(38(5)6)16-14-17-51(57)39(7)8/h14-40,65H,1-13H3/i36D,38D,39D. The quantitative estimate of drug-likeness (QED) is 0.141. The van der Waals surface area contributed by atoms with Crippen LogP contribution in [0.25, 0.3) is 72.7 Å². The molecule has 2 aromatic heterocycles. The van der Waals surface area contributed by atoms with E-state index < -0.39 is 17.7 Å². The third kappa shape index (κ3) is 8.93. The topological polar surface area (TPSA) is 50.9 Å². The maximum atomic E-state index is 12.2. The highest BCUT2D eigenvalue weighted by Crippen LogP contribution is 2.44. The number of fused-ring (bicyclic) bond motifs is 1. The smallest absolute Gasteiger partial charge is 0.149 e. The van der Waals surface area contributed by atoms with Crippen molar-refractivity contribution in [2.75, 3.05) is 0 Å². The number of aromatic hydroxyl groups is 1. The highest BCUT2D eigenvalue weighted by atomic mass is 16.3. The monoisotopic (exact) mass is 861 g/mol. The molecule has 0 fully saturated rings. The summed E-state index contributed by atoms with van der Waals surface area (Å²) in [6.45, 7) is 26.7. The first-order valence-corrected chi connectivity index (χ1v) is 23.2. The number of hydrogen-bond acceptors (Lipinski definition) is 3. The fraction of sp³-hybridized carbons (Fsp3) is 0.311. The van der Waals surface area contributed by atoms with Crippen molar-refractivity contribution >= 4 is 11.0 Å². The number of nitrogens with zero attached hydrogens (tertiary/aromatic N) is 3. The highest BCUT2D eigenvalue weighted by Gasteiger charge is 2.25. The third-order valence-corrected chi connectivity index (χ3v) is 12.9. The van der Waals surface area contributed by atoms with Crippen LogP contribution in [0.4, 0.5) is 0 Å². The Bertz CT molecular complexity index is 3120. The summed E-state index contributed by atoms with van der Waals surface area (Å²) in [5, 5.41) is 12.2. The highest BCUT2D eigenvalue weighted by molar-refractivity contribution is 5.97. The summed E-state index contributed by atoms with van der Waals surface area (Å²) in [6.07, 6.45) is 1.88. The van der Waals surface area contributed by atoms with Crippen molar-refractivity contribution < 1.29 is 9.22 Å². The molecule has 8 aromatic rings. The number of phenolic OH excluding ortho intramolecular Hbond substituents is 1. The van der Waals surface area contributed by atoms with Gasteiger partial charge in [0, 0.05) is 27.1 Å². The molecular formula is C61H67N3O. The van der Waals surface area contributed by atoms with Gasteiger partial charge in [-0.25, -0.2) is 4.98 Å². The summed E-state index contributed by atoms with van der Waals surface area (Å²) in [6, 6.07) is 44.2. The van der Waals surface area contributed by atoms with Crippen molar-refractivity contribution in [2.24, 2.45) is 0 Å². The first kappa shape index (κ1) is 41.4. The molecule has 0 spiro atoms. The van der Waals surface area contributed by atoms with Gasteiger partial charge in [-0.2, -0.15) is 0 Å². The van der Waals surface area contributed by atoms with Crippen molar-refractivity contribution in [3.8, 4) is 67.5 Å². The summed E-state index contributed by atoms with van der Waals surface area (Å²) in [4.78, 5) is 10.5. The van der Waals surface area contributed by atoms with Gasteiger partial charge in [-0.15, -0.1) is 0 Å². The van der Waals surface area contributed by atoms with Gasteiger partial charge in [0.1, 0.15) is 11.6 Å². The van der Waals surface area contributed by atoms with E-state index in [0.717, 1.165) is 89.2 Å². The fourth-order valence-electron chi connectivity index (χ4n) is 9.00. The lowest BCUT2D eigenvalue weighted by Gasteiger charge is -2.22. The fourth-order valence-corrected chi connectivity index (χ4v) is 9.00. The van der Waals surface area contributed by atoms with E-state index in [-0.39, 0.29) is 23.0 Å². The molecule has 0 aliphatic carbocycles. The van der Waals surface area contributed by atoms with Crippen LogP contribution in [0.3, 0.4) is 0 Å². The average Bonchev–Trinajstić information content (AvgIpc) is 3.67. The Labute approximate surface area is 392 Å². The molecule has 6 aromatic carbocycles. The van der Waals surface area contributed by atoms with Gasteiger partial charge in [-0.3, -0.25) is 9.55 Å². The van der Waals surface area contributed by atoms with Crippen LogP contribution >= 0.6 is 0 Å². The zero-order chi connectivity index (χ0) is 49.2. The lowest BCUT2D eigenvalue weighted by molar-refractivity contribution is 0.466. The second kappa shape index (κ2) is 18.0. The summed E-state index contributed by atoms with van der Waals surface area (Å²) < 4.78 is 28.9. The SMILES string of the molecule is [2H]C(C)(C)c1ccc(-c2ccnc(-c3cc(-c4cccc5c4nc(-c4cc(C(C)C)cc(C(C)C)c4O)n5-c4ccc(-c5c(C([2H])(C)C)cccc5C([2H])(C)C)cc4)cc(C(C)(C)C)c3)c2)cc1. The molecular weight excluding hydrogens is 791 g/mol. The molecule has 8 rings (SSSR count). The zero-order valence-corrected chi connectivity index (χ0v) is 40.6. The van der Waals surface area contributed by atoms with Gasteiger partial charge in [0.25, 0.3) is 0 Å². The first-order valence-electron chi connectivity index (χ1n) is 24.7. The molecule has 0 atom stereocenters. The molecule has 0 saturated carbocycles. The van der Waals surface area contributed by atoms with E-state index in [1.807, 2.05) is 84.1 Å². The molecule has 0 radical (unpaired) electrons. The number of benzene rings is 6. The lowest BCUT2D eigenvalue weighted by atomic mass is 9.83. The van der Waals surface area contributed by atoms with Crippen LogP contribution in [0, 0.1) is 0 Å². The van der Waals surface area contributed by atoms with Crippen LogP contribution in [0.15, 0.2) is 134 Å². The van der Waals surface area contributed by atoms with Crippen molar-refractivity contribution in [1.29, 1.82) is 0 Å². The first-order chi connectivity index (χ1) is 31.8. The van der Waals surface area contributed by atoms with Gasteiger partial charge in [-0.05, 0) is 145 Å². The molecule has 65 heavy (non-hydrogen) atoms. The van der Waals surface area contributed by atoms with E-state index >= 15 is 0 Å². The number of phenols is 1. The Kier molecular flexibility index (Phi) is 11.5. The van der Waals surface area contributed by atoms with E-state index in [1.165, 1.54) is 5.56 Å². The Balaban J connectivity index is 1.36. The van der Waals surface area contributed by atoms with Crippen LogP contribution in [-0.2, 0) is 5.41 Å². The minimum atomic E-state index is -0.887. The minimum absolute atomic E-state index is 0.0809. The number of pyridine rings is 1. The normalized spacial score (nSPS) is 13.4. The number of hydrogen-bond donors (Lipinski definition) is 1. The van der Waals surface area contributed by atoms with Gasteiger partial charge < -0.3 is 5.11 Å². The van der Waals surface area contributed by atoms with Crippen molar-refractivity contribution in [1.82, 2.24) is 14.5 Å². The third-order valence-electron chi connectivity index (χ3n) is 12.9. The van der Waals surface area contributed by atoms with Crippen LogP contribution in [-0.4, -0.2) is 19.6 Å². The minimum Gasteiger partial charge on any atom is -0.507 e. The van der Waals surface area contributed by atoms with E-state index in [9.17, 15) is 5.11 Å². The lowest BCUT2D eigenvalue weighted by Crippen LogP contribution is -2.11. The number of rotatable bonds is 11.